The van der Waals surface area contributed by atoms with E-state index in [1.807, 2.05) is 12.1 Å². The number of fused-ring (bicyclic) bond motifs is 12. The van der Waals surface area contributed by atoms with E-state index in [0.29, 0.717) is 17.5 Å². The van der Waals surface area contributed by atoms with Crippen molar-refractivity contribution in [1.82, 2.24) is 24.1 Å². The molecule has 0 bridgehead atoms. The van der Waals surface area contributed by atoms with Crippen LogP contribution in [0, 0.1) is 0 Å². The van der Waals surface area contributed by atoms with Crippen molar-refractivity contribution in [3.63, 3.8) is 0 Å². The Morgan fingerprint density at radius 1 is 0.324 bits per heavy atom. The van der Waals surface area contributed by atoms with Crippen LogP contribution in [-0.2, 0) is 0 Å². The minimum atomic E-state index is 0.536. The van der Waals surface area contributed by atoms with Gasteiger partial charge in [0.15, 0.2) is 23.1 Å². The number of benzene rings is 11. The number of para-hydroxylation sites is 3. The Morgan fingerprint density at radius 2 is 0.930 bits per heavy atom. The number of hydrogen-bond acceptors (Lipinski definition) is 4. The molecule has 0 aliphatic carbocycles. The average molecular weight is 906 g/mol. The molecule has 0 fully saturated rings. The van der Waals surface area contributed by atoms with Gasteiger partial charge in [-0.3, -0.25) is 0 Å². The van der Waals surface area contributed by atoms with Crippen molar-refractivity contribution in [1.29, 1.82) is 0 Å². The molecule has 4 aromatic heterocycles. The molecule has 6 heteroatoms. The Morgan fingerprint density at radius 3 is 1.75 bits per heavy atom. The lowest BCUT2D eigenvalue weighted by molar-refractivity contribution is 0.666. The number of furan rings is 1. The third-order valence-electron chi connectivity index (χ3n) is 14.3. The number of aromatic nitrogens is 5. The van der Waals surface area contributed by atoms with E-state index in [4.69, 9.17) is 19.4 Å². The highest BCUT2D eigenvalue weighted by Gasteiger charge is 2.27. The zero-order valence-electron chi connectivity index (χ0n) is 38.2. The van der Waals surface area contributed by atoms with Crippen LogP contribution in [0.1, 0.15) is 0 Å². The molecular weight excluding hydrogens is 867 g/mol. The van der Waals surface area contributed by atoms with Gasteiger partial charge in [0, 0.05) is 60.1 Å². The van der Waals surface area contributed by atoms with E-state index < -0.39 is 0 Å². The molecule has 0 unspecified atom stereocenters. The predicted octanol–water partition coefficient (Wildman–Crippen LogP) is 16.9. The van der Waals surface area contributed by atoms with E-state index in [2.05, 4.69) is 234 Å². The summed E-state index contributed by atoms with van der Waals surface area (Å²) in [5.74, 6) is 1.69. The number of rotatable bonds is 6. The summed E-state index contributed by atoms with van der Waals surface area (Å²) in [5.41, 5.74) is 12.7. The van der Waals surface area contributed by atoms with Crippen molar-refractivity contribution in [2.75, 3.05) is 0 Å². The summed E-state index contributed by atoms with van der Waals surface area (Å²) in [7, 11) is 0. The summed E-state index contributed by atoms with van der Waals surface area (Å²) in [6, 6.07) is 83.8. The summed E-state index contributed by atoms with van der Waals surface area (Å²) < 4.78 is 11.9. The Bertz CT molecular complexity index is 4620. The monoisotopic (exact) mass is 905 g/mol. The topological polar surface area (TPSA) is 61.7 Å². The highest BCUT2D eigenvalue weighted by Crippen LogP contribution is 2.46. The third kappa shape index (κ3) is 6.05. The SMILES string of the molecule is c1ccc(-c2ccc(-c3nc(-c4ccc5c(oc6ccccc65)c4-n4c5cc6ccccc6cc5c5ccc6ccccc6c54)nc(-c4cccc5c4c4ccccc4n5-c4ccccc4)n3)cc2)cc1. The minimum absolute atomic E-state index is 0.536. The fraction of sp³-hybridized carbons (Fsp3) is 0. The number of nitrogens with zero attached hydrogens (tertiary/aromatic N) is 5. The van der Waals surface area contributed by atoms with Gasteiger partial charge < -0.3 is 13.6 Å². The second-order valence-electron chi connectivity index (χ2n) is 18.3. The van der Waals surface area contributed by atoms with E-state index in [9.17, 15) is 0 Å². The van der Waals surface area contributed by atoms with E-state index in [-0.39, 0.29) is 0 Å². The normalized spacial score (nSPS) is 11.9. The lowest BCUT2D eigenvalue weighted by Crippen LogP contribution is -2.04. The third-order valence-corrected chi connectivity index (χ3v) is 14.3. The molecule has 0 aliphatic rings. The van der Waals surface area contributed by atoms with Crippen molar-refractivity contribution >= 4 is 87.1 Å². The number of hydrogen-bond donors (Lipinski definition) is 0. The van der Waals surface area contributed by atoms with Gasteiger partial charge in [0.05, 0.1) is 22.1 Å². The Kier molecular flexibility index (Phi) is 8.56. The molecule has 4 heterocycles. The molecule has 0 saturated heterocycles. The maximum absolute atomic E-state index is 7.11. The van der Waals surface area contributed by atoms with Crippen LogP contribution in [0.3, 0.4) is 0 Å². The van der Waals surface area contributed by atoms with Crippen LogP contribution >= 0.6 is 0 Å². The molecular formula is C65H39N5O. The standard InChI is InChI=1S/C65H39N5O/c1-3-16-40(17-4-1)41-30-32-43(33-31-41)63-66-64(52-26-15-28-56-59(52)51-25-11-13-27-55(51)69(56)46-21-5-2-6-22-46)68-65(67-63)53-37-36-50-48-24-12-14-29-58(48)71-62(50)61(53)70-57-39-45-20-8-7-19-44(45)38-54(57)49-35-34-42-18-9-10-23-47(42)60(49)70/h1-39H. The molecule has 0 aliphatic heterocycles. The van der Waals surface area contributed by atoms with Gasteiger partial charge in [-0.25, -0.2) is 15.0 Å². The van der Waals surface area contributed by atoms with Crippen LogP contribution in [0.4, 0.5) is 0 Å². The zero-order valence-corrected chi connectivity index (χ0v) is 38.2. The highest BCUT2D eigenvalue weighted by molar-refractivity contribution is 6.22. The van der Waals surface area contributed by atoms with Gasteiger partial charge in [-0.05, 0) is 81.9 Å². The maximum atomic E-state index is 7.11. The Labute approximate surface area is 407 Å². The van der Waals surface area contributed by atoms with Crippen molar-refractivity contribution in [3.05, 3.63) is 237 Å². The van der Waals surface area contributed by atoms with Crippen molar-refractivity contribution in [3.8, 4) is 56.7 Å². The van der Waals surface area contributed by atoms with Crippen LogP contribution in [0.15, 0.2) is 241 Å². The van der Waals surface area contributed by atoms with Crippen LogP contribution < -0.4 is 0 Å². The van der Waals surface area contributed by atoms with E-state index in [1.165, 1.54) is 5.39 Å². The molecule has 0 N–H and O–H groups in total. The minimum Gasteiger partial charge on any atom is -0.454 e. The average Bonchev–Trinajstić information content (AvgIpc) is 4.10. The van der Waals surface area contributed by atoms with Gasteiger partial charge >= 0.3 is 0 Å². The first-order chi connectivity index (χ1) is 35.2. The van der Waals surface area contributed by atoms with Crippen LogP contribution in [0.5, 0.6) is 0 Å². The summed E-state index contributed by atoms with van der Waals surface area (Å²) in [5, 5.41) is 11.2. The van der Waals surface area contributed by atoms with Gasteiger partial charge in [-0.1, -0.05) is 182 Å². The Balaban J connectivity index is 1.07. The lowest BCUT2D eigenvalue weighted by Gasteiger charge is -2.16. The summed E-state index contributed by atoms with van der Waals surface area (Å²) in [6.07, 6.45) is 0. The second kappa shape index (κ2) is 15.4. The van der Waals surface area contributed by atoms with Crippen molar-refractivity contribution in [2.24, 2.45) is 0 Å². The first kappa shape index (κ1) is 39.4. The van der Waals surface area contributed by atoms with Gasteiger partial charge in [-0.15, -0.1) is 0 Å². The summed E-state index contributed by atoms with van der Waals surface area (Å²) in [4.78, 5) is 16.6. The highest BCUT2D eigenvalue weighted by atomic mass is 16.3. The predicted molar refractivity (Wildman–Crippen MR) is 293 cm³/mol. The van der Waals surface area contributed by atoms with E-state index >= 15 is 0 Å². The molecule has 6 nitrogen and oxygen atoms in total. The molecule has 0 saturated carbocycles. The van der Waals surface area contributed by atoms with Crippen LogP contribution in [0.25, 0.3) is 144 Å². The summed E-state index contributed by atoms with van der Waals surface area (Å²) in [6.45, 7) is 0. The van der Waals surface area contributed by atoms with E-state index in [0.717, 1.165) is 121 Å². The molecule has 15 rings (SSSR count). The van der Waals surface area contributed by atoms with Gasteiger partial charge in [0.2, 0.25) is 0 Å². The molecule has 11 aromatic carbocycles. The second-order valence-corrected chi connectivity index (χ2v) is 18.3. The molecule has 0 radical (unpaired) electrons. The fourth-order valence-electron chi connectivity index (χ4n) is 11.1. The quantitative estimate of drug-likeness (QED) is 0.167. The lowest BCUT2D eigenvalue weighted by atomic mass is 10.0. The largest absolute Gasteiger partial charge is 0.454 e. The first-order valence-electron chi connectivity index (χ1n) is 24.0. The maximum Gasteiger partial charge on any atom is 0.166 e. The molecule has 330 valence electrons. The molecule has 0 amide bonds. The zero-order chi connectivity index (χ0) is 46.6. The smallest absolute Gasteiger partial charge is 0.166 e. The molecule has 0 atom stereocenters. The Hall–Kier alpha value is -9.65. The molecule has 15 aromatic rings. The summed E-state index contributed by atoms with van der Waals surface area (Å²) >= 11 is 0. The van der Waals surface area contributed by atoms with Crippen LogP contribution in [-0.4, -0.2) is 24.1 Å². The fourth-order valence-corrected chi connectivity index (χ4v) is 11.1. The van der Waals surface area contributed by atoms with Gasteiger partial charge in [0.1, 0.15) is 11.3 Å². The van der Waals surface area contributed by atoms with Crippen LogP contribution in [0.2, 0.25) is 0 Å². The van der Waals surface area contributed by atoms with Crippen molar-refractivity contribution < 1.29 is 4.42 Å². The first-order valence-corrected chi connectivity index (χ1v) is 24.0. The van der Waals surface area contributed by atoms with Gasteiger partial charge in [0.25, 0.3) is 0 Å². The molecule has 0 spiro atoms. The molecule has 71 heavy (non-hydrogen) atoms. The van der Waals surface area contributed by atoms with Gasteiger partial charge in [-0.2, -0.15) is 0 Å². The van der Waals surface area contributed by atoms with Crippen molar-refractivity contribution in [2.45, 2.75) is 0 Å². The van der Waals surface area contributed by atoms with E-state index in [1.54, 1.807) is 0 Å².